The fourth-order valence-corrected chi connectivity index (χ4v) is 2.71. The molecule has 0 aromatic heterocycles. The zero-order valence-corrected chi connectivity index (χ0v) is 11.5. The molecule has 104 valence electrons. The Morgan fingerprint density at radius 2 is 2.15 bits per heavy atom. The molecule has 0 aliphatic carbocycles. The van der Waals surface area contributed by atoms with Gasteiger partial charge in [0.1, 0.15) is 11.6 Å². The lowest BCUT2D eigenvalue weighted by Gasteiger charge is -2.19. The second kappa shape index (κ2) is 5.40. The first-order chi connectivity index (χ1) is 9.70. The van der Waals surface area contributed by atoms with E-state index < -0.39 is 5.82 Å². The van der Waals surface area contributed by atoms with Crippen LogP contribution in [-0.4, -0.2) is 6.61 Å². The van der Waals surface area contributed by atoms with Crippen molar-refractivity contribution in [1.29, 1.82) is 0 Å². The molecule has 1 aliphatic rings. The van der Waals surface area contributed by atoms with E-state index in [1.165, 1.54) is 6.07 Å². The molecule has 0 saturated heterocycles. The summed E-state index contributed by atoms with van der Waals surface area (Å²) < 4.78 is 19.0. The summed E-state index contributed by atoms with van der Waals surface area (Å²) in [7, 11) is 0. The number of hydrogen-bond donors (Lipinski definition) is 2. The summed E-state index contributed by atoms with van der Waals surface area (Å²) in [4.78, 5) is 0. The number of nitrogens with two attached hydrogens (primary N) is 1. The van der Waals surface area contributed by atoms with Crippen LogP contribution in [0.2, 0.25) is 5.02 Å². The number of hydrazine groups is 1. The maximum atomic E-state index is 13.3. The number of rotatable bonds is 3. The summed E-state index contributed by atoms with van der Waals surface area (Å²) in [6.45, 7) is 0.674. The molecule has 0 fully saturated rings. The van der Waals surface area contributed by atoms with Gasteiger partial charge < -0.3 is 4.74 Å². The van der Waals surface area contributed by atoms with Crippen LogP contribution in [-0.2, 0) is 6.42 Å². The van der Waals surface area contributed by atoms with Crippen molar-refractivity contribution in [2.75, 3.05) is 6.61 Å². The number of nitrogens with one attached hydrogen (secondary N) is 1. The van der Waals surface area contributed by atoms with Gasteiger partial charge >= 0.3 is 0 Å². The quantitative estimate of drug-likeness (QED) is 0.675. The van der Waals surface area contributed by atoms with Crippen molar-refractivity contribution in [2.45, 2.75) is 12.5 Å². The predicted molar refractivity (Wildman–Crippen MR) is 76.2 cm³/mol. The lowest BCUT2D eigenvalue weighted by molar-refractivity contribution is 0.350. The molecule has 0 bridgehead atoms. The normalized spacial score (nSPS) is 14.8. The zero-order chi connectivity index (χ0) is 14.1. The van der Waals surface area contributed by atoms with Gasteiger partial charge in [-0.3, -0.25) is 5.84 Å². The van der Waals surface area contributed by atoms with Crippen LogP contribution >= 0.6 is 11.6 Å². The van der Waals surface area contributed by atoms with Gasteiger partial charge in [0.2, 0.25) is 0 Å². The van der Waals surface area contributed by atoms with Gasteiger partial charge in [-0.25, -0.2) is 9.82 Å². The number of fused-ring (bicyclic) bond motifs is 1. The average molecular weight is 293 g/mol. The second-order valence-electron chi connectivity index (χ2n) is 4.71. The van der Waals surface area contributed by atoms with Gasteiger partial charge in [-0.1, -0.05) is 35.9 Å². The third-order valence-electron chi connectivity index (χ3n) is 3.50. The van der Waals surface area contributed by atoms with E-state index in [9.17, 15) is 4.39 Å². The van der Waals surface area contributed by atoms with E-state index in [0.717, 1.165) is 28.9 Å². The third kappa shape index (κ3) is 2.26. The van der Waals surface area contributed by atoms with E-state index in [0.29, 0.717) is 6.61 Å². The highest BCUT2D eigenvalue weighted by Crippen LogP contribution is 2.36. The Bertz CT molecular complexity index is 648. The fraction of sp³-hybridized carbons (Fsp3) is 0.200. The number of para-hydroxylation sites is 1. The Kier molecular flexibility index (Phi) is 3.61. The first kappa shape index (κ1) is 13.4. The highest BCUT2D eigenvalue weighted by atomic mass is 35.5. The van der Waals surface area contributed by atoms with Crippen molar-refractivity contribution >= 4 is 11.6 Å². The Balaban J connectivity index is 2.06. The maximum absolute atomic E-state index is 13.3. The van der Waals surface area contributed by atoms with Gasteiger partial charge in [0, 0.05) is 12.0 Å². The molecule has 1 aliphatic heterocycles. The molecule has 0 saturated carbocycles. The Hall–Kier alpha value is -1.62. The van der Waals surface area contributed by atoms with Gasteiger partial charge in [-0.2, -0.15) is 0 Å². The minimum absolute atomic E-state index is 0.0799. The first-order valence-electron chi connectivity index (χ1n) is 6.36. The van der Waals surface area contributed by atoms with Crippen LogP contribution in [0.15, 0.2) is 36.4 Å². The van der Waals surface area contributed by atoms with Crippen molar-refractivity contribution in [2.24, 2.45) is 5.84 Å². The van der Waals surface area contributed by atoms with E-state index in [-0.39, 0.29) is 11.1 Å². The van der Waals surface area contributed by atoms with Crippen molar-refractivity contribution < 1.29 is 9.13 Å². The van der Waals surface area contributed by atoms with E-state index in [4.69, 9.17) is 22.2 Å². The van der Waals surface area contributed by atoms with Crippen molar-refractivity contribution in [3.8, 4) is 5.75 Å². The number of ether oxygens (including phenoxy) is 1. The Morgan fingerprint density at radius 3 is 2.90 bits per heavy atom. The SMILES string of the molecule is NNC(c1ccc(F)c(Cl)c1)c1cccc2c1OCC2. The lowest BCUT2D eigenvalue weighted by atomic mass is 9.96. The van der Waals surface area contributed by atoms with Crippen molar-refractivity contribution in [3.05, 3.63) is 63.9 Å². The highest BCUT2D eigenvalue weighted by Gasteiger charge is 2.23. The van der Waals surface area contributed by atoms with Crippen LogP contribution in [0.4, 0.5) is 4.39 Å². The number of hydrogen-bond acceptors (Lipinski definition) is 3. The monoisotopic (exact) mass is 292 g/mol. The summed E-state index contributed by atoms with van der Waals surface area (Å²) in [5.41, 5.74) is 5.64. The van der Waals surface area contributed by atoms with Crippen LogP contribution in [0.25, 0.3) is 0 Å². The van der Waals surface area contributed by atoms with Crippen LogP contribution < -0.4 is 16.0 Å². The smallest absolute Gasteiger partial charge is 0.141 e. The Morgan fingerprint density at radius 1 is 1.30 bits per heavy atom. The second-order valence-corrected chi connectivity index (χ2v) is 5.11. The molecular weight excluding hydrogens is 279 g/mol. The molecule has 3 rings (SSSR count). The lowest BCUT2D eigenvalue weighted by Crippen LogP contribution is -2.29. The highest BCUT2D eigenvalue weighted by molar-refractivity contribution is 6.30. The van der Waals surface area contributed by atoms with Gasteiger partial charge in [0.05, 0.1) is 17.7 Å². The topological polar surface area (TPSA) is 47.3 Å². The minimum Gasteiger partial charge on any atom is -0.493 e. The van der Waals surface area contributed by atoms with Crippen molar-refractivity contribution in [3.63, 3.8) is 0 Å². The maximum Gasteiger partial charge on any atom is 0.141 e. The molecule has 3 N–H and O–H groups in total. The molecule has 5 heteroatoms. The molecule has 1 atom stereocenters. The van der Waals surface area contributed by atoms with Gasteiger partial charge in [-0.05, 0) is 23.3 Å². The molecule has 1 unspecified atom stereocenters. The Labute approximate surface area is 121 Å². The predicted octanol–water partition coefficient (Wildman–Crippen LogP) is 2.97. The van der Waals surface area contributed by atoms with Crippen molar-refractivity contribution in [1.82, 2.24) is 5.43 Å². The molecule has 20 heavy (non-hydrogen) atoms. The molecule has 1 heterocycles. The summed E-state index contributed by atoms with van der Waals surface area (Å²) in [6, 6.07) is 10.3. The van der Waals surface area contributed by atoms with Crippen LogP contribution in [0.1, 0.15) is 22.7 Å². The molecular formula is C15H14ClFN2O. The van der Waals surface area contributed by atoms with Crippen LogP contribution in [0.5, 0.6) is 5.75 Å². The summed E-state index contributed by atoms with van der Waals surface area (Å²) in [5, 5.41) is 0.0799. The van der Waals surface area contributed by atoms with E-state index >= 15 is 0 Å². The van der Waals surface area contributed by atoms with Gasteiger partial charge in [0.15, 0.2) is 0 Å². The van der Waals surface area contributed by atoms with E-state index in [2.05, 4.69) is 5.43 Å². The third-order valence-corrected chi connectivity index (χ3v) is 3.79. The minimum atomic E-state index is -0.444. The largest absolute Gasteiger partial charge is 0.493 e. The van der Waals surface area contributed by atoms with Gasteiger partial charge in [-0.15, -0.1) is 0 Å². The molecule has 0 radical (unpaired) electrons. The van der Waals surface area contributed by atoms with Gasteiger partial charge in [0.25, 0.3) is 0 Å². The summed E-state index contributed by atoms with van der Waals surface area (Å²) in [6.07, 6.45) is 0.893. The summed E-state index contributed by atoms with van der Waals surface area (Å²) >= 11 is 5.84. The van der Waals surface area contributed by atoms with E-state index in [1.807, 2.05) is 18.2 Å². The van der Waals surface area contributed by atoms with Crippen LogP contribution in [0.3, 0.4) is 0 Å². The zero-order valence-electron chi connectivity index (χ0n) is 10.7. The standard InChI is InChI=1S/C15H14ClFN2O/c16-12-8-10(4-5-13(12)17)14(19-18)11-3-1-2-9-6-7-20-15(9)11/h1-5,8,14,19H,6-7,18H2. The molecule has 3 nitrogen and oxygen atoms in total. The van der Waals surface area contributed by atoms with Crippen LogP contribution in [0, 0.1) is 5.82 Å². The molecule has 2 aromatic rings. The fourth-order valence-electron chi connectivity index (χ4n) is 2.53. The van der Waals surface area contributed by atoms with E-state index in [1.54, 1.807) is 12.1 Å². The summed E-state index contributed by atoms with van der Waals surface area (Å²) in [5.74, 6) is 6.09. The first-order valence-corrected chi connectivity index (χ1v) is 6.74. The molecule has 0 amide bonds. The number of benzene rings is 2. The number of halogens is 2. The molecule has 2 aromatic carbocycles. The average Bonchev–Trinajstić information content (AvgIpc) is 2.93. The molecule has 0 spiro atoms.